The molecule has 0 fully saturated rings. The molecule has 1 aromatic heterocycles. The highest BCUT2D eigenvalue weighted by molar-refractivity contribution is 5.57. The van der Waals surface area contributed by atoms with E-state index in [0.717, 1.165) is 11.3 Å². The predicted octanol–water partition coefficient (Wildman–Crippen LogP) is 2.60. The smallest absolute Gasteiger partial charge is 0.204 e. The van der Waals surface area contributed by atoms with Gasteiger partial charge in [0.25, 0.3) is 0 Å². The second-order valence-electron chi connectivity index (χ2n) is 3.02. The number of aromatic amines is 1. The average Bonchev–Trinajstić information content (AvgIpc) is 2.62. The molecule has 0 saturated heterocycles. The number of anilines is 2. The maximum Gasteiger partial charge on any atom is 0.204 e. The molecule has 0 atom stereocenters. The van der Waals surface area contributed by atoms with E-state index in [1.807, 2.05) is 6.92 Å². The van der Waals surface area contributed by atoms with Crippen LogP contribution in [0.15, 0.2) is 30.6 Å². The van der Waals surface area contributed by atoms with Crippen molar-refractivity contribution in [3.05, 3.63) is 42.0 Å². The van der Waals surface area contributed by atoms with Crippen molar-refractivity contribution in [3.8, 4) is 0 Å². The zero-order valence-corrected chi connectivity index (χ0v) is 7.71. The van der Waals surface area contributed by atoms with E-state index < -0.39 is 0 Å². The highest BCUT2D eigenvalue weighted by Gasteiger charge is 2.00. The Balaban J connectivity index is 2.25. The van der Waals surface area contributed by atoms with Gasteiger partial charge in [-0.2, -0.15) is 0 Å². The summed E-state index contributed by atoms with van der Waals surface area (Å²) in [5.74, 6) is 0.423. The Morgan fingerprint density at radius 2 is 2.29 bits per heavy atom. The largest absolute Gasteiger partial charge is 0.331 e. The number of rotatable bonds is 2. The first kappa shape index (κ1) is 8.74. The lowest BCUT2D eigenvalue weighted by molar-refractivity contribution is 0.627. The molecule has 0 bridgehead atoms. The average molecular weight is 191 g/mol. The first-order chi connectivity index (χ1) is 6.75. The van der Waals surface area contributed by atoms with Gasteiger partial charge < -0.3 is 10.3 Å². The standard InChI is InChI=1S/C10H10FN3/c1-7-6-8(11)2-3-9(7)14-10-12-4-5-13-10/h2-6H,1H3,(H2,12,13,14). The molecule has 0 saturated carbocycles. The number of H-pyrrole nitrogens is 1. The van der Waals surface area contributed by atoms with E-state index in [1.165, 1.54) is 12.1 Å². The first-order valence-corrected chi connectivity index (χ1v) is 4.28. The van der Waals surface area contributed by atoms with Crippen LogP contribution in [0.3, 0.4) is 0 Å². The van der Waals surface area contributed by atoms with Crippen LogP contribution in [0.1, 0.15) is 5.56 Å². The van der Waals surface area contributed by atoms with Crippen molar-refractivity contribution >= 4 is 11.6 Å². The van der Waals surface area contributed by atoms with Gasteiger partial charge in [-0.15, -0.1) is 0 Å². The highest BCUT2D eigenvalue weighted by atomic mass is 19.1. The minimum Gasteiger partial charge on any atom is -0.331 e. The van der Waals surface area contributed by atoms with Crippen LogP contribution in [0.5, 0.6) is 0 Å². The van der Waals surface area contributed by atoms with E-state index in [1.54, 1.807) is 18.5 Å². The first-order valence-electron chi connectivity index (χ1n) is 4.28. The Bertz CT molecular complexity index is 423. The van der Waals surface area contributed by atoms with E-state index in [9.17, 15) is 4.39 Å². The number of nitrogens with one attached hydrogen (secondary N) is 2. The number of halogens is 1. The summed E-state index contributed by atoms with van der Waals surface area (Å²) in [6.45, 7) is 1.84. The van der Waals surface area contributed by atoms with Gasteiger partial charge in [-0.25, -0.2) is 9.37 Å². The van der Waals surface area contributed by atoms with Crippen LogP contribution in [0.4, 0.5) is 16.0 Å². The molecule has 72 valence electrons. The van der Waals surface area contributed by atoms with Gasteiger partial charge in [0.15, 0.2) is 0 Å². The lowest BCUT2D eigenvalue weighted by Crippen LogP contribution is -1.95. The third kappa shape index (κ3) is 1.74. The summed E-state index contributed by atoms with van der Waals surface area (Å²) in [6.07, 6.45) is 3.38. The van der Waals surface area contributed by atoms with Crippen LogP contribution in [0, 0.1) is 12.7 Å². The summed E-state index contributed by atoms with van der Waals surface area (Å²) in [6, 6.07) is 4.58. The van der Waals surface area contributed by atoms with Crippen molar-refractivity contribution in [3.63, 3.8) is 0 Å². The van der Waals surface area contributed by atoms with Crippen LogP contribution >= 0.6 is 0 Å². The minimum absolute atomic E-state index is 0.229. The molecule has 0 aliphatic rings. The third-order valence-electron chi connectivity index (χ3n) is 1.94. The second kappa shape index (κ2) is 3.49. The molecule has 3 nitrogen and oxygen atoms in total. The fourth-order valence-corrected chi connectivity index (χ4v) is 1.23. The van der Waals surface area contributed by atoms with Gasteiger partial charge in [-0.3, -0.25) is 0 Å². The summed E-state index contributed by atoms with van der Waals surface area (Å²) in [5, 5.41) is 3.05. The quantitative estimate of drug-likeness (QED) is 0.766. The molecule has 14 heavy (non-hydrogen) atoms. The molecular weight excluding hydrogens is 181 g/mol. The summed E-state index contributed by atoms with van der Waals surface area (Å²) in [5.41, 5.74) is 1.70. The van der Waals surface area contributed by atoms with Crippen molar-refractivity contribution in [2.75, 3.05) is 5.32 Å². The minimum atomic E-state index is -0.229. The van der Waals surface area contributed by atoms with Crippen LogP contribution in [0.25, 0.3) is 0 Å². The second-order valence-corrected chi connectivity index (χ2v) is 3.02. The van der Waals surface area contributed by atoms with Gasteiger partial charge in [0.05, 0.1) is 0 Å². The Kier molecular flexibility index (Phi) is 2.18. The monoisotopic (exact) mass is 191 g/mol. The van der Waals surface area contributed by atoms with Gasteiger partial charge in [0, 0.05) is 18.1 Å². The number of aromatic nitrogens is 2. The molecule has 0 spiro atoms. The van der Waals surface area contributed by atoms with Gasteiger partial charge in [0.1, 0.15) is 5.82 Å². The van der Waals surface area contributed by atoms with Gasteiger partial charge in [-0.05, 0) is 30.7 Å². The Morgan fingerprint density at radius 1 is 1.43 bits per heavy atom. The van der Waals surface area contributed by atoms with E-state index in [0.29, 0.717) is 5.95 Å². The normalized spacial score (nSPS) is 10.1. The summed E-state index contributed by atoms with van der Waals surface area (Å²) < 4.78 is 12.8. The van der Waals surface area contributed by atoms with Crippen LogP contribution < -0.4 is 5.32 Å². The summed E-state index contributed by atoms with van der Waals surface area (Å²) in [7, 11) is 0. The molecule has 0 aliphatic carbocycles. The Labute approximate surface area is 81.0 Å². The van der Waals surface area contributed by atoms with Crippen molar-refractivity contribution in [1.82, 2.24) is 9.97 Å². The van der Waals surface area contributed by atoms with Gasteiger partial charge >= 0.3 is 0 Å². The molecule has 2 N–H and O–H groups in total. The van der Waals surface area contributed by atoms with E-state index in [4.69, 9.17) is 0 Å². The lowest BCUT2D eigenvalue weighted by Gasteiger charge is -2.06. The fraction of sp³-hybridized carbons (Fsp3) is 0.100. The third-order valence-corrected chi connectivity index (χ3v) is 1.94. The zero-order chi connectivity index (χ0) is 9.97. The van der Waals surface area contributed by atoms with Crippen molar-refractivity contribution in [2.45, 2.75) is 6.92 Å². The van der Waals surface area contributed by atoms with E-state index >= 15 is 0 Å². The molecule has 0 aliphatic heterocycles. The molecule has 1 aromatic carbocycles. The van der Waals surface area contributed by atoms with Crippen LogP contribution in [-0.2, 0) is 0 Å². The van der Waals surface area contributed by atoms with Crippen LogP contribution in [-0.4, -0.2) is 9.97 Å². The summed E-state index contributed by atoms with van der Waals surface area (Å²) in [4.78, 5) is 6.93. The maximum absolute atomic E-state index is 12.8. The van der Waals surface area contributed by atoms with Crippen molar-refractivity contribution in [2.24, 2.45) is 0 Å². The molecule has 0 unspecified atom stereocenters. The predicted molar refractivity (Wildman–Crippen MR) is 53.0 cm³/mol. The zero-order valence-electron chi connectivity index (χ0n) is 7.71. The number of hydrogen-bond donors (Lipinski definition) is 2. The number of hydrogen-bond acceptors (Lipinski definition) is 2. The molecule has 1 heterocycles. The molecule has 2 rings (SSSR count). The number of benzene rings is 1. The number of aryl methyl sites for hydroxylation is 1. The summed E-state index contributed by atoms with van der Waals surface area (Å²) >= 11 is 0. The van der Waals surface area contributed by atoms with E-state index in [2.05, 4.69) is 15.3 Å². The fourth-order valence-electron chi connectivity index (χ4n) is 1.23. The number of nitrogens with zero attached hydrogens (tertiary/aromatic N) is 1. The van der Waals surface area contributed by atoms with Gasteiger partial charge in [-0.1, -0.05) is 0 Å². The molecule has 0 amide bonds. The maximum atomic E-state index is 12.8. The van der Waals surface area contributed by atoms with Crippen molar-refractivity contribution in [1.29, 1.82) is 0 Å². The SMILES string of the molecule is Cc1cc(F)ccc1Nc1ncc[nH]1. The van der Waals surface area contributed by atoms with Crippen molar-refractivity contribution < 1.29 is 4.39 Å². The molecular formula is C10H10FN3. The number of imidazole rings is 1. The topological polar surface area (TPSA) is 40.7 Å². The van der Waals surface area contributed by atoms with E-state index in [-0.39, 0.29) is 5.82 Å². The molecule has 0 radical (unpaired) electrons. The Morgan fingerprint density at radius 3 is 2.93 bits per heavy atom. The highest BCUT2D eigenvalue weighted by Crippen LogP contribution is 2.18. The van der Waals surface area contributed by atoms with Crippen LogP contribution in [0.2, 0.25) is 0 Å². The van der Waals surface area contributed by atoms with Gasteiger partial charge in [0.2, 0.25) is 5.95 Å². The molecule has 4 heteroatoms. The molecule has 2 aromatic rings. The Hall–Kier alpha value is -1.84. The lowest BCUT2D eigenvalue weighted by atomic mass is 10.2.